The zero-order chi connectivity index (χ0) is 15.4. The molecule has 0 amide bonds. The van der Waals surface area contributed by atoms with E-state index in [1.807, 2.05) is 6.21 Å². The fraction of sp³-hybridized carbons (Fsp3) is 0.350. The molecule has 1 aliphatic heterocycles. The fourth-order valence-corrected chi connectivity index (χ4v) is 2.84. The molecule has 1 saturated heterocycles. The molecule has 2 aromatic rings. The van der Waals surface area contributed by atoms with Crippen molar-refractivity contribution in [1.29, 1.82) is 0 Å². The van der Waals surface area contributed by atoms with Crippen LogP contribution in [0.15, 0.2) is 53.5 Å². The average molecular weight is 292 g/mol. The molecule has 0 N–H and O–H groups in total. The SMILES string of the molecule is CC(C)c1ccc(N=Cc2ccc(N3CCCC3)cc2)cc1. The average Bonchev–Trinajstić information content (AvgIpc) is 3.08. The van der Waals surface area contributed by atoms with Crippen LogP contribution in [-0.4, -0.2) is 19.3 Å². The van der Waals surface area contributed by atoms with Gasteiger partial charge in [-0.2, -0.15) is 0 Å². The highest BCUT2D eigenvalue weighted by Gasteiger charge is 2.11. The minimum Gasteiger partial charge on any atom is -0.372 e. The van der Waals surface area contributed by atoms with Gasteiger partial charge in [-0.25, -0.2) is 0 Å². The third kappa shape index (κ3) is 3.56. The Morgan fingerprint density at radius 2 is 1.55 bits per heavy atom. The summed E-state index contributed by atoms with van der Waals surface area (Å²) >= 11 is 0. The molecule has 2 aromatic carbocycles. The third-order valence-corrected chi connectivity index (χ3v) is 4.29. The molecule has 2 nitrogen and oxygen atoms in total. The number of benzene rings is 2. The van der Waals surface area contributed by atoms with Crippen LogP contribution >= 0.6 is 0 Å². The zero-order valence-corrected chi connectivity index (χ0v) is 13.5. The second kappa shape index (κ2) is 6.78. The molecule has 0 aromatic heterocycles. The van der Waals surface area contributed by atoms with Gasteiger partial charge in [-0.1, -0.05) is 38.1 Å². The Kier molecular flexibility index (Phi) is 4.57. The molecule has 0 atom stereocenters. The molecule has 22 heavy (non-hydrogen) atoms. The van der Waals surface area contributed by atoms with E-state index >= 15 is 0 Å². The lowest BCUT2D eigenvalue weighted by Crippen LogP contribution is -2.17. The standard InChI is InChI=1S/C20H24N2/c1-16(2)18-7-9-19(10-8-18)21-15-17-5-11-20(12-6-17)22-13-3-4-14-22/h5-12,15-16H,3-4,13-14H2,1-2H3. The Hall–Kier alpha value is -2.09. The predicted molar refractivity (Wildman–Crippen MR) is 95.7 cm³/mol. The van der Waals surface area contributed by atoms with Crippen LogP contribution in [0.25, 0.3) is 0 Å². The van der Waals surface area contributed by atoms with E-state index < -0.39 is 0 Å². The molecule has 3 rings (SSSR count). The Bertz CT molecular complexity index is 618. The number of hydrogen-bond donors (Lipinski definition) is 0. The highest BCUT2D eigenvalue weighted by molar-refractivity contribution is 5.82. The van der Waals surface area contributed by atoms with Gasteiger partial charge in [0.2, 0.25) is 0 Å². The van der Waals surface area contributed by atoms with Gasteiger partial charge in [0.25, 0.3) is 0 Å². The molecule has 114 valence electrons. The molecular weight excluding hydrogens is 268 g/mol. The smallest absolute Gasteiger partial charge is 0.0630 e. The zero-order valence-electron chi connectivity index (χ0n) is 13.5. The molecule has 0 spiro atoms. The molecule has 0 unspecified atom stereocenters. The van der Waals surface area contributed by atoms with E-state index in [4.69, 9.17) is 0 Å². The van der Waals surface area contributed by atoms with Gasteiger partial charge < -0.3 is 4.90 Å². The lowest BCUT2D eigenvalue weighted by Gasteiger charge is -2.17. The van der Waals surface area contributed by atoms with Gasteiger partial charge in [-0.3, -0.25) is 4.99 Å². The second-order valence-corrected chi connectivity index (χ2v) is 6.29. The third-order valence-electron chi connectivity index (χ3n) is 4.29. The van der Waals surface area contributed by atoms with Crippen molar-refractivity contribution in [3.05, 3.63) is 59.7 Å². The van der Waals surface area contributed by atoms with Crippen molar-refractivity contribution in [2.45, 2.75) is 32.6 Å². The molecule has 0 aliphatic carbocycles. The summed E-state index contributed by atoms with van der Waals surface area (Å²) in [5, 5.41) is 0. The van der Waals surface area contributed by atoms with Crippen molar-refractivity contribution in [1.82, 2.24) is 0 Å². The fourth-order valence-electron chi connectivity index (χ4n) is 2.84. The number of aliphatic imine (C=N–C) groups is 1. The van der Waals surface area contributed by atoms with Crippen LogP contribution in [0.2, 0.25) is 0 Å². The van der Waals surface area contributed by atoms with Gasteiger partial charge in [0.15, 0.2) is 0 Å². The number of nitrogens with zero attached hydrogens (tertiary/aromatic N) is 2. The van der Waals surface area contributed by atoms with Crippen molar-refractivity contribution in [2.75, 3.05) is 18.0 Å². The van der Waals surface area contributed by atoms with Gasteiger partial charge in [0.05, 0.1) is 5.69 Å². The monoisotopic (exact) mass is 292 g/mol. The summed E-state index contributed by atoms with van der Waals surface area (Å²) in [6, 6.07) is 17.2. The number of hydrogen-bond acceptors (Lipinski definition) is 2. The quantitative estimate of drug-likeness (QED) is 0.711. The molecular formula is C20H24N2. The van der Waals surface area contributed by atoms with E-state index in [2.05, 4.69) is 72.3 Å². The first-order valence-corrected chi connectivity index (χ1v) is 8.21. The van der Waals surface area contributed by atoms with Crippen molar-refractivity contribution in [2.24, 2.45) is 4.99 Å². The first-order chi connectivity index (χ1) is 10.7. The van der Waals surface area contributed by atoms with E-state index in [0.29, 0.717) is 5.92 Å². The van der Waals surface area contributed by atoms with Gasteiger partial charge in [-0.15, -0.1) is 0 Å². The lowest BCUT2D eigenvalue weighted by molar-refractivity contribution is 0.867. The van der Waals surface area contributed by atoms with E-state index in [-0.39, 0.29) is 0 Å². The molecule has 2 heteroatoms. The van der Waals surface area contributed by atoms with Gasteiger partial charge in [-0.05, 0) is 54.2 Å². The Labute approximate surface area is 133 Å². The Morgan fingerprint density at radius 3 is 2.14 bits per heavy atom. The molecule has 1 aliphatic rings. The summed E-state index contributed by atoms with van der Waals surface area (Å²) in [6.45, 7) is 6.80. The van der Waals surface area contributed by atoms with Crippen LogP contribution in [0.5, 0.6) is 0 Å². The van der Waals surface area contributed by atoms with Crippen LogP contribution in [-0.2, 0) is 0 Å². The Morgan fingerprint density at radius 1 is 0.909 bits per heavy atom. The molecule has 1 fully saturated rings. The summed E-state index contributed by atoms with van der Waals surface area (Å²) in [5.74, 6) is 0.566. The second-order valence-electron chi connectivity index (χ2n) is 6.29. The summed E-state index contributed by atoms with van der Waals surface area (Å²) < 4.78 is 0. The molecule has 0 bridgehead atoms. The number of anilines is 1. The van der Waals surface area contributed by atoms with E-state index in [9.17, 15) is 0 Å². The summed E-state index contributed by atoms with van der Waals surface area (Å²) in [4.78, 5) is 7.02. The maximum absolute atomic E-state index is 4.57. The summed E-state index contributed by atoms with van der Waals surface area (Å²) in [7, 11) is 0. The molecule has 0 saturated carbocycles. The van der Waals surface area contributed by atoms with Crippen LogP contribution in [0.1, 0.15) is 43.7 Å². The van der Waals surface area contributed by atoms with E-state index in [1.54, 1.807) is 0 Å². The lowest BCUT2D eigenvalue weighted by atomic mass is 10.0. The van der Waals surface area contributed by atoms with Gasteiger partial charge >= 0.3 is 0 Å². The molecule has 1 heterocycles. The molecule has 0 radical (unpaired) electrons. The largest absolute Gasteiger partial charge is 0.372 e. The van der Waals surface area contributed by atoms with Crippen LogP contribution in [0.4, 0.5) is 11.4 Å². The van der Waals surface area contributed by atoms with Crippen LogP contribution in [0, 0.1) is 0 Å². The van der Waals surface area contributed by atoms with Gasteiger partial charge in [0, 0.05) is 25.0 Å². The normalized spacial score (nSPS) is 15.1. The summed E-state index contributed by atoms with van der Waals surface area (Å²) in [5.41, 5.74) is 4.84. The minimum absolute atomic E-state index is 0.566. The van der Waals surface area contributed by atoms with Crippen LogP contribution in [0.3, 0.4) is 0 Å². The van der Waals surface area contributed by atoms with E-state index in [0.717, 1.165) is 11.3 Å². The Balaban J connectivity index is 1.66. The van der Waals surface area contributed by atoms with Crippen molar-refractivity contribution in [3.8, 4) is 0 Å². The highest BCUT2D eigenvalue weighted by atomic mass is 15.1. The van der Waals surface area contributed by atoms with Crippen molar-refractivity contribution < 1.29 is 0 Å². The highest BCUT2D eigenvalue weighted by Crippen LogP contribution is 2.21. The van der Waals surface area contributed by atoms with Crippen molar-refractivity contribution in [3.63, 3.8) is 0 Å². The topological polar surface area (TPSA) is 15.6 Å². The number of rotatable bonds is 4. The predicted octanol–water partition coefficient (Wildman–Crippen LogP) is 5.16. The first-order valence-electron chi connectivity index (χ1n) is 8.21. The van der Waals surface area contributed by atoms with Gasteiger partial charge in [0.1, 0.15) is 0 Å². The van der Waals surface area contributed by atoms with E-state index in [1.165, 1.54) is 37.2 Å². The maximum atomic E-state index is 4.57. The van der Waals surface area contributed by atoms with Crippen molar-refractivity contribution >= 4 is 17.6 Å². The minimum atomic E-state index is 0.566. The van der Waals surface area contributed by atoms with Crippen LogP contribution < -0.4 is 4.90 Å². The summed E-state index contributed by atoms with van der Waals surface area (Å²) in [6.07, 6.45) is 4.57. The first kappa shape index (κ1) is 14.8. The maximum Gasteiger partial charge on any atom is 0.0630 e.